The third kappa shape index (κ3) is 0.952. The highest BCUT2D eigenvalue weighted by Crippen LogP contribution is 2.26. The van der Waals surface area contributed by atoms with Gasteiger partial charge < -0.3 is 4.74 Å². The molecule has 0 atom stereocenters. The van der Waals surface area contributed by atoms with Crippen molar-refractivity contribution in [1.29, 1.82) is 0 Å². The van der Waals surface area contributed by atoms with E-state index in [2.05, 4.69) is 16.7 Å². The Morgan fingerprint density at radius 1 is 1.45 bits per heavy atom. The Bertz CT molecular complexity index is 371. The van der Waals surface area contributed by atoms with Crippen molar-refractivity contribution in [2.24, 2.45) is 0 Å². The van der Waals surface area contributed by atoms with Gasteiger partial charge in [-0.15, -0.1) is 5.10 Å². The Morgan fingerprint density at radius 3 is 3.18 bits per heavy atom. The van der Waals surface area contributed by atoms with Gasteiger partial charge in [0.2, 0.25) is 0 Å². The van der Waals surface area contributed by atoms with Crippen LogP contribution >= 0.6 is 11.5 Å². The van der Waals surface area contributed by atoms with E-state index >= 15 is 0 Å². The number of benzene rings is 1. The highest BCUT2D eigenvalue weighted by atomic mass is 32.1. The van der Waals surface area contributed by atoms with Crippen molar-refractivity contribution in [2.75, 3.05) is 0 Å². The lowest BCUT2D eigenvalue weighted by atomic mass is 10.3. The largest absolute Gasteiger partial charge is 0.488 e. The maximum Gasteiger partial charge on any atom is 0.140 e. The summed E-state index contributed by atoms with van der Waals surface area (Å²) in [7, 11) is 3.34. The Hall–Kier alpha value is -1.16. The van der Waals surface area contributed by atoms with Gasteiger partial charge in [-0.3, -0.25) is 0 Å². The predicted octanol–water partition coefficient (Wildman–Crippen LogP) is 1.86. The number of aromatic nitrogens is 2. The highest BCUT2D eigenvalue weighted by Gasteiger charge is 2.02. The molecule has 55 valence electrons. The first-order valence-electron chi connectivity index (χ1n) is 3.05. The van der Waals surface area contributed by atoms with Crippen molar-refractivity contribution < 1.29 is 4.74 Å². The standard InChI is InChI=1S/C7H5N2OS/c1-10-6-4-2-3-5-7(6)11-9-8-5/h2-4H,1H2. The molecule has 11 heavy (non-hydrogen) atoms. The van der Waals surface area contributed by atoms with Gasteiger partial charge in [0.25, 0.3) is 0 Å². The zero-order valence-corrected chi connectivity index (χ0v) is 6.47. The molecule has 0 fully saturated rings. The van der Waals surface area contributed by atoms with E-state index in [1.807, 2.05) is 18.2 Å². The van der Waals surface area contributed by atoms with Crippen LogP contribution in [0.5, 0.6) is 5.75 Å². The molecular weight excluding hydrogens is 160 g/mol. The molecule has 2 aromatic rings. The zero-order chi connectivity index (χ0) is 7.68. The molecule has 1 heterocycles. The zero-order valence-electron chi connectivity index (χ0n) is 5.65. The molecular formula is C7H5N2OS. The number of ether oxygens (including phenoxy) is 1. The minimum absolute atomic E-state index is 0.734. The number of rotatable bonds is 1. The summed E-state index contributed by atoms with van der Waals surface area (Å²) in [5, 5.41) is 3.89. The first-order valence-corrected chi connectivity index (χ1v) is 3.82. The summed E-state index contributed by atoms with van der Waals surface area (Å²) in [6, 6.07) is 5.60. The summed E-state index contributed by atoms with van der Waals surface area (Å²) < 4.78 is 9.61. The average Bonchev–Trinajstić information content (AvgIpc) is 2.50. The average molecular weight is 165 g/mol. The second-order valence-electron chi connectivity index (χ2n) is 2.02. The van der Waals surface area contributed by atoms with Gasteiger partial charge >= 0.3 is 0 Å². The molecule has 0 unspecified atom stereocenters. The number of hydrogen-bond acceptors (Lipinski definition) is 4. The molecule has 1 radical (unpaired) electrons. The fourth-order valence-electron chi connectivity index (χ4n) is 0.894. The summed E-state index contributed by atoms with van der Waals surface area (Å²) in [6.07, 6.45) is 0. The smallest absolute Gasteiger partial charge is 0.140 e. The Balaban J connectivity index is 2.79. The van der Waals surface area contributed by atoms with E-state index in [4.69, 9.17) is 4.74 Å². The topological polar surface area (TPSA) is 35.0 Å². The minimum Gasteiger partial charge on any atom is -0.488 e. The molecule has 0 aliphatic carbocycles. The van der Waals surface area contributed by atoms with E-state index in [0.29, 0.717) is 0 Å². The fourth-order valence-corrected chi connectivity index (χ4v) is 1.52. The SMILES string of the molecule is [CH2]Oc1cccc2nnsc12. The molecule has 2 rings (SSSR count). The monoisotopic (exact) mass is 165 g/mol. The molecule has 0 N–H and O–H groups in total. The highest BCUT2D eigenvalue weighted by molar-refractivity contribution is 7.13. The van der Waals surface area contributed by atoms with Crippen LogP contribution < -0.4 is 4.74 Å². The Morgan fingerprint density at radius 2 is 2.36 bits per heavy atom. The van der Waals surface area contributed by atoms with Crippen molar-refractivity contribution in [3.63, 3.8) is 0 Å². The molecule has 0 saturated carbocycles. The van der Waals surface area contributed by atoms with Crippen molar-refractivity contribution in [2.45, 2.75) is 0 Å². The normalized spacial score (nSPS) is 10.3. The summed E-state index contributed by atoms with van der Waals surface area (Å²) >= 11 is 1.31. The predicted molar refractivity (Wildman–Crippen MR) is 43.4 cm³/mol. The van der Waals surface area contributed by atoms with Crippen LogP contribution in [0.2, 0.25) is 0 Å². The Kier molecular flexibility index (Phi) is 1.47. The third-order valence-electron chi connectivity index (χ3n) is 1.39. The lowest BCUT2D eigenvalue weighted by Crippen LogP contribution is -1.77. The molecule has 1 aromatic heterocycles. The third-order valence-corrected chi connectivity index (χ3v) is 2.15. The minimum atomic E-state index is 0.734. The van der Waals surface area contributed by atoms with E-state index in [1.165, 1.54) is 11.5 Å². The summed E-state index contributed by atoms with van der Waals surface area (Å²) in [6.45, 7) is 0. The van der Waals surface area contributed by atoms with Crippen LogP contribution in [-0.2, 0) is 0 Å². The second-order valence-corrected chi connectivity index (χ2v) is 2.78. The summed E-state index contributed by atoms with van der Waals surface area (Å²) in [4.78, 5) is 0. The number of fused-ring (bicyclic) bond motifs is 1. The lowest BCUT2D eigenvalue weighted by Gasteiger charge is -1.96. The van der Waals surface area contributed by atoms with E-state index in [9.17, 15) is 0 Å². The van der Waals surface area contributed by atoms with Gasteiger partial charge in [-0.1, -0.05) is 10.6 Å². The number of hydrogen-bond donors (Lipinski definition) is 0. The van der Waals surface area contributed by atoms with Gasteiger partial charge in [-0.05, 0) is 23.7 Å². The Labute approximate surface area is 67.8 Å². The van der Waals surface area contributed by atoms with E-state index in [0.717, 1.165) is 16.0 Å². The van der Waals surface area contributed by atoms with Crippen molar-refractivity contribution in [1.82, 2.24) is 9.59 Å². The molecule has 0 spiro atoms. The summed E-state index contributed by atoms with van der Waals surface area (Å²) in [5.74, 6) is 0.734. The van der Waals surface area contributed by atoms with Crippen molar-refractivity contribution >= 4 is 21.7 Å². The lowest BCUT2D eigenvalue weighted by molar-refractivity contribution is 0.479. The van der Waals surface area contributed by atoms with Gasteiger partial charge in [0.15, 0.2) is 0 Å². The molecule has 3 nitrogen and oxygen atoms in total. The molecule has 1 aromatic carbocycles. The first-order chi connectivity index (χ1) is 5.42. The van der Waals surface area contributed by atoms with Crippen LogP contribution in [-0.4, -0.2) is 9.59 Å². The summed E-state index contributed by atoms with van der Waals surface area (Å²) in [5.41, 5.74) is 0.858. The van der Waals surface area contributed by atoms with E-state index < -0.39 is 0 Å². The number of nitrogens with zero attached hydrogens (tertiary/aromatic N) is 2. The molecule has 0 saturated heterocycles. The maximum absolute atomic E-state index is 4.87. The van der Waals surface area contributed by atoms with E-state index in [-0.39, 0.29) is 0 Å². The quantitative estimate of drug-likeness (QED) is 0.647. The second kappa shape index (κ2) is 2.47. The molecule has 0 aliphatic rings. The van der Waals surface area contributed by atoms with Crippen LogP contribution in [0.1, 0.15) is 0 Å². The van der Waals surface area contributed by atoms with Gasteiger partial charge in [0, 0.05) is 0 Å². The van der Waals surface area contributed by atoms with Gasteiger partial charge in [-0.2, -0.15) is 0 Å². The van der Waals surface area contributed by atoms with Gasteiger partial charge in [-0.25, -0.2) is 0 Å². The molecule has 0 aliphatic heterocycles. The van der Waals surface area contributed by atoms with Gasteiger partial charge in [0.1, 0.15) is 23.1 Å². The van der Waals surface area contributed by atoms with Crippen LogP contribution in [0.25, 0.3) is 10.2 Å². The van der Waals surface area contributed by atoms with Crippen LogP contribution in [0.15, 0.2) is 18.2 Å². The maximum atomic E-state index is 4.87. The molecule has 0 bridgehead atoms. The van der Waals surface area contributed by atoms with Gasteiger partial charge in [0.05, 0.1) is 0 Å². The van der Waals surface area contributed by atoms with Crippen LogP contribution in [0, 0.1) is 7.11 Å². The first kappa shape index (κ1) is 6.54. The van der Waals surface area contributed by atoms with Crippen molar-refractivity contribution in [3.8, 4) is 5.75 Å². The molecule has 4 heteroatoms. The molecule has 0 amide bonds. The fraction of sp³-hybridized carbons (Fsp3) is 0. The van der Waals surface area contributed by atoms with E-state index in [1.54, 1.807) is 0 Å². The van der Waals surface area contributed by atoms with Crippen LogP contribution in [0.3, 0.4) is 0 Å². The van der Waals surface area contributed by atoms with Crippen molar-refractivity contribution in [3.05, 3.63) is 25.3 Å². The van der Waals surface area contributed by atoms with Crippen LogP contribution in [0.4, 0.5) is 0 Å².